The second-order valence-electron chi connectivity index (χ2n) is 12.3. The van der Waals surface area contributed by atoms with Gasteiger partial charge in [0.15, 0.2) is 24.5 Å². The zero-order valence-corrected chi connectivity index (χ0v) is 29.3. The van der Waals surface area contributed by atoms with E-state index in [4.69, 9.17) is 33.2 Å². The van der Waals surface area contributed by atoms with Crippen LogP contribution in [0.1, 0.15) is 73.3 Å². The summed E-state index contributed by atoms with van der Waals surface area (Å²) < 4.78 is 37.7. The normalized spacial score (nSPS) is 20.6. The number of esters is 4. The number of hydrogen-bond acceptors (Lipinski definition) is 14. The first-order valence-electron chi connectivity index (χ1n) is 16.0. The molecule has 17 nitrogen and oxygen atoms in total. The Morgan fingerprint density at radius 2 is 1.36 bits per heavy atom. The van der Waals surface area contributed by atoms with Gasteiger partial charge in [-0.15, -0.1) is 0 Å². The van der Waals surface area contributed by atoms with Crippen LogP contribution in [-0.2, 0) is 63.7 Å². The van der Waals surface area contributed by atoms with E-state index in [1.807, 2.05) is 30.3 Å². The highest BCUT2D eigenvalue weighted by molar-refractivity contribution is 5.86. The van der Waals surface area contributed by atoms with Crippen molar-refractivity contribution in [3.63, 3.8) is 0 Å². The first-order valence-corrected chi connectivity index (χ1v) is 16.0. The fraction of sp³-hybridized carbons (Fsp3) is 0.606. The van der Waals surface area contributed by atoms with E-state index in [1.165, 1.54) is 0 Å². The van der Waals surface area contributed by atoms with Crippen molar-refractivity contribution < 1.29 is 66.7 Å². The van der Waals surface area contributed by atoms with Crippen molar-refractivity contribution in [2.75, 3.05) is 13.2 Å². The maximum atomic E-state index is 13.7. The summed E-state index contributed by atoms with van der Waals surface area (Å²) in [6.45, 7) is 9.06. The maximum absolute atomic E-state index is 13.7. The van der Waals surface area contributed by atoms with Crippen LogP contribution in [0.3, 0.4) is 0 Å². The van der Waals surface area contributed by atoms with Crippen molar-refractivity contribution >= 4 is 42.0 Å². The van der Waals surface area contributed by atoms with Crippen LogP contribution in [0.15, 0.2) is 30.3 Å². The van der Waals surface area contributed by atoms with E-state index >= 15 is 0 Å². The summed E-state index contributed by atoms with van der Waals surface area (Å²) in [4.78, 5) is 86.4. The van der Waals surface area contributed by atoms with Gasteiger partial charge in [0.1, 0.15) is 31.0 Å². The lowest BCUT2D eigenvalue weighted by atomic mass is 9.96. The topological polar surface area (TPSA) is 220 Å². The number of rotatable bonds is 15. The molecule has 0 saturated carbocycles. The number of alkyl carbamates (subject to hydrolysis) is 2. The minimum absolute atomic E-state index is 0.0527. The summed E-state index contributed by atoms with van der Waals surface area (Å²) in [6.07, 6.45) is -8.09. The number of hydrogen-bond donors (Lipinski definition) is 3. The molecule has 50 heavy (non-hydrogen) atoms. The molecular formula is C33H47N3O14. The van der Waals surface area contributed by atoms with Crippen LogP contribution >= 0.6 is 0 Å². The molecule has 1 heterocycles. The Morgan fingerprint density at radius 1 is 0.760 bits per heavy atom. The fourth-order valence-electron chi connectivity index (χ4n) is 4.74. The molecule has 17 heteroatoms. The molecule has 1 aliphatic rings. The van der Waals surface area contributed by atoms with Gasteiger partial charge in [0.25, 0.3) is 0 Å². The Balaban J connectivity index is 2.23. The highest BCUT2D eigenvalue weighted by Crippen LogP contribution is 2.28. The van der Waals surface area contributed by atoms with E-state index in [-0.39, 0.29) is 19.6 Å². The van der Waals surface area contributed by atoms with E-state index in [9.17, 15) is 33.6 Å². The smallest absolute Gasteiger partial charge is 0.408 e. The van der Waals surface area contributed by atoms with Crippen molar-refractivity contribution in [3.05, 3.63) is 35.9 Å². The summed E-state index contributed by atoms with van der Waals surface area (Å²) in [5.74, 6) is -4.03. The van der Waals surface area contributed by atoms with E-state index < -0.39 is 90.9 Å². The van der Waals surface area contributed by atoms with Crippen LogP contribution in [0.2, 0.25) is 0 Å². The largest absolute Gasteiger partial charge is 0.463 e. The van der Waals surface area contributed by atoms with Crippen LogP contribution in [0.25, 0.3) is 0 Å². The molecule has 3 amide bonds. The summed E-state index contributed by atoms with van der Waals surface area (Å²) in [5, 5.41) is 7.70. The van der Waals surface area contributed by atoms with Gasteiger partial charge >= 0.3 is 36.1 Å². The number of nitrogens with one attached hydrogen (secondary N) is 3. The van der Waals surface area contributed by atoms with Gasteiger partial charge < -0.3 is 49.1 Å². The summed E-state index contributed by atoms with van der Waals surface area (Å²) in [6, 6.07) is 7.89. The van der Waals surface area contributed by atoms with Crippen LogP contribution in [0.4, 0.5) is 9.59 Å². The second-order valence-corrected chi connectivity index (χ2v) is 12.3. The van der Waals surface area contributed by atoms with Crippen molar-refractivity contribution in [1.82, 2.24) is 16.0 Å². The molecular weight excluding hydrogens is 662 g/mol. The number of unbranched alkanes of at least 4 members (excludes halogenated alkanes) is 1. The van der Waals surface area contributed by atoms with E-state index in [1.54, 1.807) is 20.8 Å². The highest BCUT2D eigenvalue weighted by atomic mass is 16.7. The number of amides is 3. The molecule has 1 fully saturated rings. The van der Waals surface area contributed by atoms with Crippen LogP contribution in [0, 0.1) is 0 Å². The summed E-state index contributed by atoms with van der Waals surface area (Å²) in [7, 11) is 0. The molecule has 0 bridgehead atoms. The van der Waals surface area contributed by atoms with Gasteiger partial charge in [-0.25, -0.2) is 9.59 Å². The SMILES string of the molecule is CC(=O)OC[C@H]1O[C@@H](NC(=O)[C@H](CCCCNC(=O)OCc2ccccc2)NC(=O)OC(C)(C)C)[C@H](OC(C)=O)[C@@H](OC(C)=O)[C@H]1OC(C)=O. The predicted octanol–water partition coefficient (Wildman–Crippen LogP) is 2.18. The molecule has 1 saturated heterocycles. The maximum Gasteiger partial charge on any atom is 0.408 e. The summed E-state index contributed by atoms with van der Waals surface area (Å²) in [5.41, 5.74) is -0.0732. The first-order chi connectivity index (χ1) is 23.4. The van der Waals surface area contributed by atoms with E-state index in [0.29, 0.717) is 12.8 Å². The molecule has 0 spiro atoms. The Hall–Kier alpha value is -4.93. The van der Waals surface area contributed by atoms with Gasteiger partial charge in [0.05, 0.1) is 0 Å². The fourth-order valence-corrected chi connectivity index (χ4v) is 4.74. The van der Waals surface area contributed by atoms with Gasteiger partial charge in [0, 0.05) is 34.2 Å². The van der Waals surface area contributed by atoms with Gasteiger partial charge in [0.2, 0.25) is 5.91 Å². The molecule has 0 aromatic heterocycles. The van der Waals surface area contributed by atoms with Gasteiger partial charge in [-0.2, -0.15) is 0 Å². The predicted molar refractivity (Wildman–Crippen MR) is 172 cm³/mol. The third-order valence-electron chi connectivity index (χ3n) is 6.68. The number of benzene rings is 1. The Bertz CT molecular complexity index is 1330. The van der Waals surface area contributed by atoms with Gasteiger partial charge in [-0.3, -0.25) is 24.0 Å². The molecule has 3 N–H and O–H groups in total. The van der Waals surface area contributed by atoms with Crippen molar-refractivity contribution in [2.45, 2.75) is 117 Å². The average molecular weight is 710 g/mol. The van der Waals surface area contributed by atoms with Crippen LogP contribution in [-0.4, -0.2) is 97.4 Å². The lowest BCUT2D eigenvalue weighted by Crippen LogP contribution is -2.67. The minimum Gasteiger partial charge on any atom is -0.463 e. The zero-order chi connectivity index (χ0) is 37.4. The summed E-state index contributed by atoms with van der Waals surface area (Å²) >= 11 is 0. The molecule has 0 aliphatic carbocycles. The highest BCUT2D eigenvalue weighted by Gasteiger charge is 2.53. The third-order valence-corrected chi connectivity index (χ3v) is 6.68. The Morgan fingerprint density at radius 3 is 1.94 bits per heavy atom. The molecule has 2 rings (SSSR count). The van der Waals surface area contributed by atoms with Gasteiger partial charge in [-0.1, -0.05) is 30.3 Å². The minimum atomic E-state index is -1.55. The number of carbonyl (C=O) groups is 7. The standard InChI is InChI=1S/C33H47N3O14/c1-19(37)44-18-25-26(46-20(2)38)27(47-21(3)39)28(48-22(4)40)30(49-25)36-29(41)24(35-32(43)50-33(5,6)7)15-11-12-16-34-31(42)45-17-23-13-9-8-10-14-23/h8-10,13-14,24-28,30H,11-12,15-18H2,1-7H3,(H,34,42)(H,35,43)(H,36,41)/t24-,25+,26-,27-,28+,30+/m0/s1. The Labute approximate surface area is 290 Å². The van der Waals surface area contributed by atoms with Crippen molar-refractivity contribution in [3.8, 4) is 0 Å². The van der Waals surface area contributed by atoms with Gasteiger partial charge in [-0.05, 0) is 45.6 Å². The molecule has 0 radical (unpaired) electrons. The Kier molecular flexibility index (Phi) is 16.4. The van der Waals surface area contributed by atoms with Crippen molar-refractivity contribution in [2.24, 2.45) is 0 Å². The van der Waals surface area contributed by atoms with E-state index in [0.717, 1.165) is 33.3 Å². The quantitative estimate of drug-likeness (QED) is 0.135. The van der Waals surface area contributed by atoms with Crippen LogP contribution < -0.4 is 16.0 Å². The monoisotopic (exact) mass is 709 g/mol. The van der Waals surface area contributed by atoms with E-state index in [2.05, 4.69) is 16.0 Å². The molecule has 6 atom stereocenters. The lowest BCUT2D eigenvalue weighted by Gasteiger charge is -2.44. The molecule has 1 aliphatic heterocycles. The number of ether oxygens (including phenoxy) is 7. The van der Waals surface area contributed by atoms with Crippen LogP contribution in [0.5, 0.6) is 0 Å². The second kappa shape index (κ2) is 19.9. The average Bonchev–Trinajstić information content (AvgIpc) is 3.00. The molecule has 0 unspecified atom stereocenters. The lowest BCUT2D eigenvalue weighted by molar-refractivity contribution is -0.257. The molecule has 278 valence electrons. The molecule has 1 aromatic rings. The third kappa shape index (κ3) is 15.5. The van der Waals surface area contributed by atoms with Crippen molar-refractivity contribution in [1.29, 1.82) is 0 Å². The first kappa shape index (κ1) is 41.2. The zero-order valence-electron chi connectivity index (χ0n) is 29.3. The number of carbonyl (C=O) groups excluding carboxylic acids is 7. The molecule has 1 aromatic carbocycles.